The molecule has 0 aliphatic carbocycles. The Morgan fingerprint density at radius 3 is 2.54 bits per heavy atom. The molecule has 1 heterocycles. The lowest BCUT2D eigenvalue weighted by Gasteiger charge is -2.25. The van der Waals surface area contributed by atoms with Crippen LogP contribution in [0.25, 0.3) is 0 Å². The summed E-state index contributed by atoms with van der Waals surface area (Å²) >= 11 is 0. The summed E-state index contributed by atoms with van der Waals surface area (Å²) in [4.78, 5) is 10.5. The molecule has 5 unspecified atom stereocenters. The van der Waals surface area contributed by atoms with Gasteiger partial charge in [0.05, 0.1) is 37.6 Å². The average Bonchev–Trinajstić information content (AvgIpc) is 3.03. The fourth-order valence-corrected chi connectivity index (χ4v) is 3.67. The van der Waals surface area contributed by atoms with Crippen LogP contribution >= 0.6 is 0 Å². The maximum absolute atomic E-state index is 10.5. The highest BCUT2D eigenvalue weighted by atomic mass is 16.6. The van der Waals surface area contributed by atoms with Crippen LogP contribution in [0.2, 0.25) is 0 Å². The molecule has 0 aromatic rings. The number of hydrogen-bond donors (Lipinski definition) is 4. The zero-order chi connectivity index (χ0) is 20.8. The van der Waals surface area contributed by atoms with Gasteiger partial charge in [0, 0.05) is 12.8 Å². The lowest BCUT2D eigenvalue weighted by Crippen LogP contribution is -2.33. The second-order valence-electron chi connectivity index (χ2n) is 7.92. The van der Waals surface area contributed by atoms with Crippen LogP contribution in [0.5, 0.6) is 0 Å². The number of aliphatic carboxylic acids is 1. The largest absolute Gasteiger partial charge is 0.481 e. The minimum Gasteiger partial charge on any atom is -0.481 e. The predicted molar refractivity (Wildman–Crippen MR) is 106 cm³/mol. The Morgan fingerprint density at radius 2 is 1.86 bits per heavy atom. The molecule has 0 aromatic heterocycles. The summed E-state index contributed by atoms with van der Waals surface area (Å²) in [5.41, 5.74) is 0. The number of unbranched alkanes of at least 4 members (excludes halogenated alkanes) is 6. The van der Waals surface area contributed by atoms with E-state index < -0.39 is 18.2 Å². The fourth-order valence-electron chi connectivity index (χ4n) is 3.67. The Labute approximate surface area is 169 Å². The molecule has 166 valence electrons. The number of carboxylic acids is 1. The molecule has 0 radical (unpaired) electrons. The molecule has 1 aliphatic rings. The van der Waals surface area contributed by atoms with Crippen molar-refractivity contribution in [3.05, 3.63) is 0 Å². The first-order valence-corrected chi connectivity index (χ1v) is 10.9. The molecule has 0 bridgehead atoms. The van der Waals surface area contributed by atoms with Crippen LogP contribution in [0, 0.1) is 0 Å². The van der Waals surface area contributed by atoms with Crippen molar-refractivity contribution in [3.8, 4) is 0 Å². The lowest BCUT2D eigenvalue weighted by atomic mass is 10.00. The van der Waals surface area contributed by atoms with Gasteiger partial charge in [0.2, 0.25) is 0 Å². The molecule has 5 atom stereocenters. The van der Waals surface area contributed by atoms with Crippen molar-refractivity contribution in [1.82, 2.24) is 0 Å². The third-order valence-corrected chi connectivity index (χ3v) is 5.35. The van der Waals surface area contributed by atoms with Crippen molar-refractivity contribution in [2.24, 2.45) is 0 Å². The van der Waals surface area contributed by atoms with E-state index in [2.05, 4.69) is 6.92 Å². The van der Waals surface area contributed by atoms with Gasteiger partial charge in [-0.25, -0.2) is 0 Å². The number of aliphatic hydroxyl groups is 3. The summed E-state index contributed by atoms with van der Waals surface area (Å²) in [7, 11) is 0. The Balaban J connectivity index is 2.40. The highest BCUT2D eigenvalue weighted by Crippen LogP contribution is 2.30. The van der Waals surface area contributed by atoms with Gasteiger partial charge in [-0.15, -0.1) is 0 Å². The molecule has 0 saturated carbocycles. The Hall–Kier alpha value is -0.730. The van der Waals surface area contributed by atoms with Crippen molar-refractivity contribution in [1.29, 1.82) is 0 Å². The van der Waals surface area contributed by atoms with Crippen LogP contribution in [0.15, 0.2) is 0 Å². The van der Waals surface area contributed by atoms with E-state index in [1.807, 2.05) is 0 Å². The molecule has 7 heteroatoms. The van der Waals surface area contributed by atoms with Crippen LogP contribution in [0.1, 0.15) is 84.0 Å². The van der Waals surface area contributed by atoms with Gasteiger partial charge in [0.25, 0.3) is 0 Å². The standard InChI is InChI=1S/C21H40O7/c1-2-3-7-10-18-17(24)13-20(28-18)19(27-15-16(23)14-22)11-8-5-4-6-9-12-21(25)26/h16-20,22-24H,2-15H2,1H3,(H,25,26). The molecular formula is C21H40O7. The van der Waals surface area contributed by atoms with Gasteiger partial charge in [0.15, 0.2) is 0 Å². The van der Waals surface area contributed by atoms with E-state index in [4.69, 9.17) is 19.7 Å². The highest BCUT2D eigenvalue weighted by molar-refractivity contribution is 5.66. The number of hydrogen-bond acceptors (Lipinski definition) is 6. The van der Waals surface area contributed by atoms with E-state index in [9.17, 15) is 15.0 Å². The van der Waals surface area contributed by atoms with Crippen molar-refractivity contribution >= 4 is 5.97 Å². The van der Waals surface area contributed by atoms with E-state index in [0.717, 1.165) is 57.8 Å². The predicted octanol–water partition coefficient (Wildman–Crippen LogP) is 2.64. The number of aliphatic hydroxyl groups excluding tert-OH is 3. The van der Waals surface area contributed by atoms with Crippen LogP contribution in [0.4, 0.5) is 0 Å². The van der Waals surface area contributed by atoms with Crippen molar-refractivity contribution in [2.45, 2.75) is 114 Å². The zero-order valence-electron chi connectivity index (χ0n) is 17.3. The van der Waals surface area contributed by atoms with E-state index in [0.29, 0.717) is 12.8 Å². The minimum absolute atomic E-state index is 0.0518. The Bertz CT molecular complexity index is 404. The fraction of sp³-hybridized carbons (Fsp3) is 0.952. The van der Waals surface area contributed by atoms with Gasteiger partial charge in [-0.2, -0.15) is 0 Å². The first-order chi connectivity index (χ1) is 13.5. The van der Waals surface area contributed by atoms with Crippen LogP contribution < -0.4 is 0 Å². The molecule has 1 saturated heterocycles. The minimum atomic E-state index is -0.912. The van der Waals surface area contributed by atoms with Crippen molar-refractivity contribution in [2.75, 3.05) is 13.2 Å². The number of ether oxygens (including phenoxy) is 2. The van der Waals surface area contributed by atoms with Crippen LogP contribution in [0.3, 0.4) is 0 Å². The normalized spacial score (nSPS) is 24.4. The monoisotopic (exact) mass is 404 g/mol. The highest BCUT2D eigenvalue weighted by Gasteiger charge is 2.38. The quantitative estimate of drug-likeness (QED) is 0.275. The van der Waals surface area contributed by atoms with E-state index in [-0.39, 0.29) is 37.9 Å². The first-order valence-electron chi connectivity index (χ1n) is 10.9. The molecule has 4 N–H and O–H groups in total. The number of carboxylic acid groups (broad SMARTS) is 1. The van der Waals surface area contributed by atoms with Gasteiger partial charge >= 0.3 is 5.97 Å². The maximum Gasteiger partial charge on any atom is 0.303 e. The molecule has 7 nitrogen and oxygen atoms in total. The Morgan fingerprint density at radius 1 is 1.14 bits per heavy atom. The van der Waals surface area contributed by atoms with E-state index in [1.165, 1.54) is 0 Å². The number of carbonyl (C=O) groups is 1. The topological polar surface area (TPSA) is 116 Å². The van der Waals surface area contributed by atoms with E-state index in [1.54, 1.807) is 0 Å². The maximum atomic E-state index is 10.5. The van der Waals surface area contributed by atoms with Gasteiger partial charge < -0.3 is 29.9 Å². The smallest absolute Gasteiger partial charge is 0.303 e. The Kier molecular flexibility index (Phi) is 13.7. The van der Waals surface area contributed by atoms with Crippen LogP contribution in [-0.2, 0) is 14.3 Å². The lowest BCUT2D eigenvalue weighted by molar-refractivity contribution is -0.137. The average molecular weight is 405 g/mol. The second-order valence-corrected chi connectivity index (χ2v) is 7.92. The molecule has 1 rings (SSSR count). The SMILES string of the molecule is CCCCCC1OC(C(CCCCCCCC(=O)O)OCC(O)CO)CC1O. The molecule has 1 fully saturated rings. The molecule has 1 aliphatic heterocycles. The third kappa shape index (κ3) is 10.7. The third-order valence-electron chi connectivity index (χ3n) is 5.35. The van der Waals surface area contributed by atoms with Gasteiger partial charge in [-0.1, -0.05) is 51.9 Å². The molecular weight excluding hydrogens is 364 g/mol. The van der Waals surface area contributed by atoms with Gasteiger partial charge in [0.1, 0.15) is 6.10 Å². The zero-order valence-corrected chi connectivity index (χ0v) is 17.3. The molecule has 0 spiro atoms. The van der Waals surface area contributed by atoms with Crippen molar-refractivity contribution < 1.29 is 34.7 Å². The molecule has 28 heavy (non-hydrogen) atoms. The summed E-state index contributed by atoms with van der Waals surface area (Å²) in [6, 6.07) is 0. The van der Waals surface area contributed by atoms with Crippen molar-refractivity contribution in [3.63, 3.8) is 0 Å². The van der Waals surface area contributed by atoms with Gasteiger partial charge in [-0.3, -0.25) is 4.79 Å². The van der Waals surface area contributed by atoms with Crippen LogP contribution in [-0.4, -0.2) is 70.1 Å². The summed E-state index contributed by atoms with van der Waals surface area (Å²) in [6.45, 7) is 1.85. The van der Waals surface area contributed by atoms with Gasteiger partial charge in [-0.05, 0) is 19.3 Å². The summed E-state index contributed by atoms with van der Waals surface area (Å²) in [6.07, 6.45) is 8.19. The molecule has 0 amide bonds. The number of rotatable bonds is 17. The summed E-state index contributed by atoms with van der Waals surface area (Å²) in [5.74, 6) is -0.749. The van der Waals surface area contributed by atoms with E-state index >= 15 is 0 Å². The summed E-state index contributed by atoms with van der Waals surface area (Å²) < 4.78 is 11.9. The summed E-state index contributed by atoms with van der Waals surface area (Å²) in [5, 5.41) is 37.6. The second kappa shape index (κ2) is 15.2. The first kappa shape index (κ1) is 25.3. The molecule has 0 aromatic carbocycles.